The van der Waals surface area contributed by atoms with E-state index in [-0.39, 0.29) is 5.38 Å². The van der Waals surface area contributed by atoms with Gasteiger partial charge in [0.05, 0.1) is 14.0 Å². The second-order valence-electron chi connectivity index (χ2n) is 3.77. The fourth-order valence-corrected chi connectivity index (χ4v) is 4.73. The summed E-state index contributed by atoms with van der Waals surface area (Å²) in [6.45, 7) is 2.02. The molecule has 2 rings (SSSR count). The fraction of sp³-hybridized carbons (Fsp3) is 0.167. The zero-order valence-electron chi connectivity index (χ0n) is 9.11. The summed E-state index contributed by atoms with van der Waals surface area (Å²) in [4.78, 5) is 0. The summed E-state index contributed by atoms with van der Waals surface area (Å²) in [5.41, 5.74) is 2.94. The van der Waals surface area contributed by atoms with Gasteiger partial charge in [0.15, 0.2) is 0 Å². The lowest BCUT2D eigenvalue weighted by atomic mass is 10.1. The largest absolute Gasteiger partial charge is 0.112 e. The molecule has 0 radical (unpaired) electrons. The zero-order valence-corrected chi connectivity index (χ0v) is 15.4. The van der Waals surface area contributed by atoms with Crippen molar-refractivity contribution in [3.05, 3.63) is 52.5 Å². The second-order valence-corrected chi connectivity index (χ2v) is 8.20. The van der Waals surface area contributed by atoms with E-state index in [1.165, 1.54) is 11.3 Å². The predicted octanol–water partition coefficient (Wildman–Crippen LogP) is 7.22. The number of aryl methyl sites for hydroxylation is 1. The van der Waals surface area contributed by atoms with Gasteiger partial charge in [0.25, 0.3) is 0 Å². The Balaban J connectivity index is 2.49. The van der Waals surface area contributed by atoms with Crippen LogP contribution in [0.1, 0.15) is 22.1 Å². The molecule has 1 heterocycles. The molecule has 0 aliphatic rings. The topological polar surface area (TPSA) is 0 Å². The fourth-order valence-electron chi connectivity index (χ4n) is 1.55. The Morgan fingerprint density at radius 2 is 1.72 bits per heavy atom. The van der Waals surface area contributed by atoms with Crippen LogP contribution in [-0.2, 0) is 0 Å². The summed E-state index contributed by atoms with van der Waals surface area (Å²) in [7, 11) is 0. The summed E-state index contributed by atoms with van der Waals surface area (Å²) in [5, 5.41) is -0.326. The summed E-state index contributed by atoms with van der Waals surface area (Å²) < 4.78 is 3.25. The predicted molar refractivity (Wildman–Crippen MR) is 88.6 cm³/mol. The van der Waals surface area contributed by atoms with Crippen LogP contribution >= 0.6 is 78.0 Å². The van der Waals surface area contributed by atoms with Gasteiger partial charge in [-0.25, -0.2) is 0 Å². The van der Waals surface area contributed by atoms with Crippen LogP contribution in [0, 0.1) is 6.92 Å². The Kier molecular flexibility index (Phi) is 5.07. The Morgan fingerprint density at radius 3 is 2.28 bits per heavy atom. The third kappa shape index (κ3) is 3.08. The van der Waals surface area contributed by atoms with E-state index in [0.717, 1.165) is 25.6 Å². The van der Waals surface area contributed by atoms with Crippen molar-refractivity contribution in [3.63, 3.8) is 0 Å². The van der Waals surface area contributed by atoms with Crippen LogP contribution in [0.25, 0.3) is 0 Å². The molecular weight excluding hydrogens is 442 g/mol. The minimum atomic E-state index is -0.326. The maximum absolute atomic E-state index is 6.49. The first-order valence-electron chi connectivity index (χ1n) is 4.94. The highest BCUT2D eigenvalue weighted by molar-refractivity contribution is 9.11. The minimum absolute atomic E-state index is 0.326. The zero-order chi connectivity index (χ0) is 13.4. The van der Waals surface area contributed by atoms with Crippen LogP contribution in [0.3, 0.4) is 0 Å². The molecule has 1 aromatic heterocycles. The van der Waals surface area contributed by atoms with Crippen molar-refractivity contribution in [2.75, 3.05) is 0 Å². The van der Waals surface area contributed by atoms with E-state index in [2.05, 4.69) is 31.9 Å². The maximum atomic E-state index is 6.49. The summed E-state index contributed by atoms with van der Waals surface area (Å²) in [5.74, 6) is 0. The van der Waals surface area contributed by atoms with Crippen LogP contribution in [0.15, 0.2) is 27.1 Å². The highest BCUT2D eigenvalue weighted by atomic mass is 79.9. The molecule has 0 fully saturated rings. The van der Waals surface area contributed by atoms with Gasteiger partial charge in [0, 0.05) is 14.5 Å². The number of rotatable bonds is 2. The van der Waals surface area contributed by atoms with E-state index < -0.39 is 0 Å². The molecule has 0 bridgehead atoms. The van der Waals surface area contributed by atoms with Gasteiger partial charge in [-0.1, -0.05) is 55.1 Å². The number of hydrogen-bond acceptors (Lipinski definition) is 1. The molecular formula is C12H7Br2Cl3S. The van der Waals surface area contributed by atoms with Crippen LogP contribution in [0.4, 0.5) is 0 Å². The van der Waals surface area contributed by atoms with Gasteiger partial charge in [-0.3, -0.25) is 0 Å². The lowest BCUT2D eigenvalue weighted by Crippen LogP contribution is -1.95. The molecule has 18 heavy (non-hydrogen) atoms. The molecule has 1 atom stereocenters. The third-order valence-corrected chi connectivity index (χ3v) is 6.04. The van der Waals surface area contributed by atoms with Gasteiger partial charge in [0.1, 0.15) is 0 Å². The van der Waals surface area contributed by atoms with Gasteiger partial charge in [-0.2, -0.15) is 0 Å². The van der Waals surface area contributed by atoms with Gasteiger partial charge in [0.2, 0.25) is 0 Å². The SMILES string of the molecule is Cc1cc(Br)c(C(Cl)c2cc(Cl)sc2Cl)cc1Br. The molecule has 96 valence electrons. The van der Waals surface area contributed by atoms with Gasteiger partial charge in [-0.05, 0) is 36.2 Å². The molecule has 0 aliphatic heterocycles. The Hall–Kier alpha value is 0.750. The third-order valence-electron chi connectivity index (χ3n) is 2.51. The van der Waals surface area contributed by atoms with Crippen molar-refractivity contribution in [2.45, 2.75) is 12.3 Å². The second kappa shape index (κ2) is 6.02. The molecule has 6 heteroatoms. The van der Waals surface area contributed by atoms with Gasteiger partial charge >= 0.3 is 0 Å². The average molecular weight is 449 g/mol. The summed E-state index contributed by atoms with van der Waals surface area (Å²) in [6, 6.07) is 5.84. The smallest absolute Gasteiger partial charge is 0.0994 e. The van der Waals surface area contributed by atoms with Crippen molar-refractivity contribution in [3.8, 4) is 0 Å². The highest BCUT2D eigenvalue weighted by Gasteiger charge is 2.20. The number of alkyl halides is 1. The summed E-state index contributed by atoms with van der Waals surface area (Å²) >= 11 is 26.9. The van der Waals surface area contributed by atoms with E-state index in [1.54, 1.807) is 0 Å². The molecule has 0 saturated heterocycles. The van der Waals surface area contributed by atoms with Crippen LogP contribution in [0.5, 0.6) is 0 Å². The van der Waals surface area contributed by atoms with Gasteiger partial charge < -0.3 is 0 Å². The molecule has 0 amide bonds. The molecule has 0 nitrogen and oxygen atoms in total. The molecule has 0 aliphatic carbocycles. The highest BCUT2D eigenvalue weighted by Crippen LogP contribution is 2.43. The molecule has 2 aromatic rings. The van der Waals surface area contributed by atoms with Crippen LogP contribution < -0.4 is 0 Å². The van der Waals surface area contributed by atoms with Crippen molar-refractivity contribution in [1.82, 2.24) is 0 Å². The number of benzene rings is 1. The molecule has 0 N–H and O–H groups in total. The lowest BCUT2D eigenvalue weighted by Gasteiger charge is -2.13. The first-order chi connectivity index (χ1) is 8.40. The van der Waals surface area contributed by atoms with E-state index in [0.29, 0.717) is 8.67 Å². The molecule has 1 aromatic carbocycles. The number of thiophene rings is 1. The van der Waals surface area contributed by atoms with E-state index >= 15 is 0 Å². The standard InChI is InChI=1S/C12H7Br2Cl3S/c1-5-2-9(14)6(3-8(5)13)11(16)7-4-10(15)18-12(7)17/h2-4,11H,1H3. The maximum Gasteiger partial charge on any atom is 0.0994 e. The Bertz CT molecular complexity index is 595. The molecule has 1 unspecified atom stereocenters. The van der Waals surface area contributed by atoms with Crippen LogP contribution in [0.2, 0.25) is 8.67 Å². The summed E-state index contributed by atoms with van der Waals surface area (Å²) in [6.07, 6.45) is 0. The first kappa shape index (κ1) is 15.1. The van der Waals surface area contributed by atoms with E-state index in [4.69, 9.17) is 34.8 Å². The van der Waals surface area contributed by atoms with Crippen molar-refractivity contribution >= 4 is 78.0 Å². The Labute approximate surface area is 142 Å². The normalized spacial score (nSPS) is 12.8. The van der Waals surface area contributed by atoms with E-state index in [1.807, 2.05) is 25.1 Å². The van der Waals surface area contributed by atoms with E-state index in [9.17, 15) is 0 Å². The minimum Gasteiger partial charge on any atom is -0.112 e. The van der Waals surface area contributed by atoms with Crippen molar-refractivity contribution < 1.29 is 0 Å². The number of hydrogen-bond donors (Lipinski definition) is 0. The molecule has 0 saturated carbocycles. The monoisotopic (exact) mass is 446 g/mol. The lowest BCUT2D eigenvalue weighted by molar-refractivity contribution is 1.13. The van der Waals surface area contributed by atoms with Crippen molar-refractivity contribution in [2.24, 2.45) is 0 Å². The molecule has 0 spiro atoms. The van der Waals surface area contributed by atoms with Gasteiger partial charge in [-0.15, -0.1) is 22.9 Å². The Morgan fingerprint density at radius 1 is 1.06 bits per heavy atom. The van der Waals surface area contributed by atoms with Crippen molar-refractivity contribution in [1.29, 1.82) is 0 Å². The number of halogens is 5. The van der Waals surface area contributed by atoms with Crippen LogP contribution in [-0.4, -0.2) is 0 Å². The average Bonchev–Trinajstić information content (AvgIpc) is 2.62. The first-order valence-corrected chi connectivity index (χ1v) is 8.54. The quantitative estimate of drug-likeness (QED) is 0.425.